The molecular formula is C18H25F3N4O. The number of carbonyl (C=O) groups is 1. The number of hydrogen-bond acceptors (Lipinski definition) is 4. The molecule has 5 nitrogen and oxygen atoms in total. The van der Waals surface area contributed by atoms with Crippen molar-refractivity contribution in [3.05, 3.63) is 23.9 Å². The molecule has 0 bridgehead atoms. The van der Waals surface area contributed by atoms with E-state index in [2.05, 4.69) is 22.2 Å². The van der Waals surface area contributed by atoms with E-state index in [1.807, 2.05) is 4.90 Å². The minimum atomic E-state index is -4.38. The van der Waals surface area contributed by atoms with Gasteiger partial charge in [-0.25, -0.2) is 4.98 Å². The molecule has 0 aliphatic carbocycles. The number of hydrogen-bond donors (Lipinski definition) is 1. The first-order chi connectivity index (χ1) is 12.3. The average Bonchev–Trinajstić information content (AvgIpc) is 3.10. The lowest BCUT2D eigenvalue weighted by atomic mass is 9.97. The minimum absolute atomic E-state index is 0.0401. The summed E-state index contributed by atoms with van der Waals surface area (Å²) >= 11 is 0. The van der Waals surface area contributed by atoms with Gasteiger partial charge in [0.15, 0.2) is 0 Å². The zero-order valence-corrected chi connectivity index (χ0v) is 14.9. The number of nitrogens with zero attached hydrogens (tertiary/aromatic N) is 3. The van der Waals surface area contributed by atoms with Crippen molar-refractivity contribution in [2.45, 2.75) is 25.4 Å². The highest BCUT2D eigenvalue weighted by Crippen LogP contribution is 2.30. The van der Waals surface area contributed by atoms with Crippen LogP contribution in [0.15, 0.2) is 18.3 Å². The molecule has 144 valence electrons. The van der Waals surface area contributed by atoms with E-state index in [1.54, 1.807) is 0 Å². The molecule has 2 fully saturated rings. The van der Waals surface area contributed by atoms with Crippen LogP contribution in [0.2, 0.25) is 0 Å². The van der Waals surface area contributed by atoms with Gasteiger partial charge in [0.2, 0.25) is 5.91 Å². The van der Waals surface area contributed by atoms with Crippen LogP contribution in [0.1, 0.15) is 24.8 Å². The molecule has 1 aromatic heterocycles. The van der Waals surface area contributed by atoms with Gasteiger partial charge in [0.25, 0.3) is 0 Å². The molecule has 0 radical (unpaired) electrons. The fraction of sp³-hybridized carbons (Fsp3) is 0.667. The number of piperidine rings is 1. The van der Waals surface area contributed by atoms with Crippen molar-refractivity contribution in [2.75, 3.05) is 44.7 Å². The number of nitrogens with one attached hydrogen (secondary N) is 1. The maximum atomic E-state index is 12.6. The van der Waals surface area contributed by atoms with Crippen LogP contribution < -0.4 is 10.2 Å². The van der Waals surface area contributed by atoms with Gasteiger partial charge in [0.1, 0.15) is 5.82 Å². The highest BCUT2D eigenvalue weighted by Gasteiger charge is 2.32. The van der Waals surface area contributed by atoms with Crippen molar-refractivity contribution in [1.29, 1.82) is 0 Å². The molecule has 1 aromatic rings. The SMILES string of the molecule is CN1CCC(CNC(=O)[C@@H]2CCN(c3ccc(C(F)(F)F)cn3)C2)CC1. The van der Waals surface area contributed by atoms with E-state index in [1.165, 1.54) is 6.07 Å². The number of carbonyl (C=O) groups excluding carboxylic acids is 1. The highest BCUT2D eigenvalue weighted by molar-refractivity contribution is 5.80. The predicted octanol–water partition coefficient (Wildman–Crippen LogP) is 2.38. The number of pyridine rings is 1. The van der Waals surface area contributed by atoms with E-state index in [0.717, 1.165) is 38.2 Å². The smallest absolute Gasteiger partial charge is 0.356 e. The summed E-state index contributed by atoms with van der Waals surface area (Å²) in [4.78, 5) is 20.5. The summed E-state index contributed by atoms with van der Waals surface area (Å²) in [6.45, 7) is 3.97. The second kappa shape index (κ2) is 7.82. The first-order valence-corrected chi connectivity index (χ1v) is 9.07. The zero-order chi connectivity index (χ0) is 18.7. The summed E-state index contributed by atoms with van der Waals surface area (Å²) in [7, 11) is 2.11. The van der Waals surface area contributed by atoms with Gasteiger partial charge in [0, 0.05) is 25.8 Å². The monoisotopic (exact) mass is 370 g/mol. The zero-order valence-electron chi connectivity index (χ0n) is 14.9. The van der Waals surface area contributed by atoms with Crippen LogP contribution in [-0.2, 0) is 11.0 Å². The lowest BCUT2D eigenvalue weighted by Gasteiger charge is -2.29. The number of alkyl halides is 3. The molecular weight excluding hydrogens is 345 g/mol. The topological polar surface area (TPSA) is 48.5 Å². The quantitative estimate of drug-likeness (QED) is 0.884. The van der Waals surface area contributed by atoms with Gasteiger partial charge in [-0.15, -0.1) is 0 Å². The van der Waals surface area contributed by atoms with Gasteiger partial charge in [-0.1, -0.05) is 0 Å². The van der Waals surface area contributed by atoms with Crippen LogP contribution in [0.3, 0.4) is 0 Å². The molecule has 2 saturated heterocycles. The standard InChI is InChI=1S/C18H25F3N4O/c1-24-7-4-13(5-8-24)10-23-17(26)14-6-9-25(12-14)16-3-2-15(11-22-16)18(19,20)21/h2-3,11,13-14H,4-10,12H2,1H3,(H,23,26)/t14-/m1/s1. The molecule has 0 unspecified atom stereocenters. The Morgan fingerprint density at radius 1 is 1.23 bits per heavy atom. The summed E-state index contributed by atoms with van der Waals surface area (Å²) < 4.78 is 37.8. The van der Waals surface area contributed by atoms with E-state index >= 15 is 0 Å². The Morgan fingerprint density at radius 2 is 1.96 bits per heavy atom. The van der Waals surface area contributed by atoms with E-state index in [-0.39, 0.29) is 11.8 Å². The fourth-order valence-electron chi connectivity index (χ4n) is 3.58. The van der Waals surface area contributed by atoms with Crippen LogP contribution in [0.4, 0.5) is 19.0 Å². The molecule has 3 heterocycles. The second-order valence-corrected chi connectivity index (χ2v) is 7.33. The van der Waals surface area contributed by atoms with Crippen LogP contribution in [-0.4, -0.2) is 55.6 Å². The number of rotatable bonds is 4. The molecule has 0 saturated carbocycles. The van der Waals surface area contributed by atoms with Gasteiger partial charge >= 0.3 is 6.18 Å². The first kappa shape index (κ1) is 18.9. The number of aromatic nitrogens is 1. The first-order valence-electron chi connectivity index (χ1n) is 9.07. The predicted molar refractivity (Wildman–Crippen MR) is 92.8 cm³/mol. The minimum Gasteiger partial charge on any atom is -0.356 e. The maximum absolute atomic E-state index is 12.6. The number of anilines is 1. The Labute approximate surface area is 151 Å². The van der Waals surface area contributed by atoms with E-state index < -0.39 is 11.7 Å². The van der Waals surface area contributed by atoms with Crippen LogP contribution in [0.25, 0.3) is 0 Å². The molecule has 1 atom stereocenters. The van der Waals surface area contributed by atoms with E-state index in [9.17, 15) is 18.0 Å². The average molecular weight is 370 g/mol. The van der Waals surface area contributed by atoms with Crippen LogP contribution in [0, 0.1) is 11.8 Å². The van der Waals surface area contributed by atoms with E-state index in [0.29, 0.717) is 37.8 Å². The Hall–Kier alpha value is -1.83. The molecule has 1 N–H and O–H groups in total. The molecule has 0 aromatic carbocycles. The van der Waals surface area contributed by atoms with Crippen molar-refractivity contribution in [2.24, 2.45) is 11.8 Å². The van der Waals surface area contributed by atoms with Crippen LogP contribution >= 0.6 is 0 Å². The lowest BCUT2D eigenvalue weighted by Crippen LogP contribution is -2.39. The largest absolute Gasteiger partial charge is 0.417 e. The Balaban J connectivity index is 1.48. The van der Waals surface area contributed by atoms with Crippen LogP contribution in [0.5, 0.6) is 0 Å². The lowest BCUT2D eigenvalue weighted by molar-refractivity contribution is -0.137. The summed E-state index contributed by atoms with van der Waals surface area (Å²) in [5.41, 5.74) is -0.757. The normalized spacial score (nSPS) is 22.6. The second-order valence-electron chi connectivity index (χ2n) is 7.33. The summed E-state index contributed by atoms with van der Waals surface area (Å²) in [6, 6.07) is 2.41. The van der Waals surface area contributed by atoms with Crippen molar-refractivity contribution >= 4 is 11.7 Å². The van der Waals surface area contributed by atoms with Gasteiger partial charge in [0.05, 0.1) is 11.5 Å². The molecule has 0 spiro atoms. The number of amides is 1. The summed E-state index contributed by atoms with van der Waals surface area (Å²) in [5, 5.41) is 3.06. The maximum Gasteiger partial charge on any atom is 0.417 e. The number of likely N-dealkylation sites (tertiary alicyclic amines) is 1. The van der Waals surface area contributed by atoms with Gasteiger partial charge in [-0.3, -0.25) is 4.79 Å². The third-order valence-electron chi connectivity index (χ3n) is 5.36. The molecule has 2 aliphatic rings. The van der Waals surface area contributed by atoms with Crippen molar-refractivity contribution < 1.29 is 18.0 Å². The summed E-state index contributed by atoms with van der Waals surface area (Å²) in [5.74, 6) is 0.927. The highest BCUT2D eigenvalue weighted by atomic mass is 19.4. The molecule has 8 heteroatoms. The molecule has 3 rings (SSSR count). The van der Waals surface area contributed by atoms with Gasteiger partial charge < -0.3 is 15.1 Å². The van der Waals surface area contributed by atoms with Crippen molar-refractivity contribution in [3.63, 3.8) is 0 Å². The third kappa shape index (κ3) is 4.66. The third-order valence-corrected chi connectivity index (χ3v) is 5.36. The van der Waals surface area contributed by atoms with Gasteiger partial charge in [-0.05, 0) is 57.5 Å². The Bertz CT molecular complexity index is 612. The number of halogens is 3. The van der Waals surface area contributed by atoms with E-state index in [4.69, 9.17) is 0 Å². The van der Waals surface area contributed by atoms with Crippen molar-refractivity contribution in [1.82, 2.24) is 15.2 Å². The molecule has 26 heavy (non-hydrogen) atoms. The Kier molecular flexibility index (Phi) is 5.70. The van der Waals surface area contributed by atoms with Crippen molar-refractivity contribution in [3.8, 4) is 0 Å². The fourth-order valence-corrected chi connectivity index (χ4v) is 3.58. The molecule has 1 amide bonds. The molecule has 2 aliphatic heterocycles. The van der Waals surface area contributed by atoms with Gasteiger partial charge in [-0.2, -0.15) is 13.2 Å². The Morgan fingerprint density at radius 3 is 2.58 bits per heavy atom. The summed E-state index contributed by atoms with van der Waals surface area (Å²) in [6.07, 6.45) is -0.635.